The van der Waals surface area contributed by atoms with Crippen molar-refractivity contribution in [3.05, 3.63) is 56.5 Å². The lowest BCUT2D eigenvalue weighted by molar-refractivity contribution is -0.112. The first-order valence-electron chi connectivity index (χ1n) is 6.71. The number of benzene rings is 2. The molecular weight excluding hydrogens is 398 g/mol. The predicted molar refractivity (Wildman–Crippen MR) is 94.2 cm³/mol. The quantitative estimate of drug-likeness (QED) is 0.508. The van der Waals surface area contributed by atoms with Gasteiger partial charge in [-0.25, -0.2) is 0 Å². The second-order valence-corrected chi connectivity index (χ2v) is 6.36. The van der Waals surface area contributed by atoms with Gasteiger partial charge in [-0.15, -0.1) is 6.58 Å². The van der Waals surface area contributed by atoms with E-state index in [0.29, 0.717) is 17.9 Å². The van der Waals surface area contributed by atoms with Gasteiger partial charge in [0.2, 0.25) is 0 Å². The van der Waals surface area contributed by atoms with Gasteiger partial charge in [-0.3, -0.25) is 0 Å². The highest BCUT2D eigenvalue weighted by Crippen LogP contribution is 2.50. The minimum atomic E-state index is -1.12. The van der Waals surface area contributed by atoms with Crippen LogP contribution in [-0.4, -0.2) is 11.6 Å². The molecule has 0 bridgehead atoms. The van der Waals surface area contributed by atoms with Crippen molar-refractivity contribution < 1.29 is 19.3 Å². The summed E-state index contributed by atoms with van der Waals surface area (Å²) in [5.74, 6) is 0.556. The molecular formula is C16H10Cl4O4. The SMILES string of the molecule is C=CCc1ccc2c(c1)OC(Oc1c(Cl)c(Cl)c(O)c(Cl)c1Cl)O2. The van der Waals surface area contributed by atoms with Crippen LogP contribution in [0.25, 0.3) is 0 Å². The normalized spacial score (nSPS) is 15.4. The van der Waals surface area contributed by atoms with E-state index in [0.717, 1.165) is 5.56 Å². The maximum atomic E-state index is 9.72. The van der Waals surface area contributed by atoms with Crippen molar-refractivity contribution in [1.82, 2.24) is 0 Å². The first-order valence-corrected chi connectivity index (χ1v) is 8.22. The van der Waals surface area contributed by atoms with E-state index in [1.807, 2.05) is 12.1 Å². The van der Waals surface area contributed by atoms with Gasteiger partial charge in [0, 0.05) is 0 Å². The third kappa shape index (κ3) is 3.07. The zero-order chi connectivity index (χ0) is 17.4. The summed E-state index contributed by atoms with van der Waals surface area (Å²) in [6.07, 6.45) is 2.48. The molecule has 0 aliphatic carbocycles. The van der Waals surface area contributed by atoms with E-state index in [9.17, 15) is 5.11 Å². The van der Waals surface area contributed by atoms with Crippen LogP contribution in [0, 0.1) is 0 Å². The number of aromatic hydroxyl groups is 1. The summed E-state index contributed by atoms with van der Waals surface area (Å²) in [7, 11) is 0. The van der Waals surface area contributed by atoms with E-state index in [2.05, 4.69) is 6.58 Å². The highest BCUT2D eigenvalue weighted by Gasteiger charge is 2.30. The molecule has 0 saturated carbocycles. The van der Waals surface area contributed by atoms with Crippen molar-refractivity contribution in [1.29, 1.82) is 0 Å². The molecule has 1 N–H and O–H groups in total. The summed E-state index contributed by atoms with van der Waals surface area (Å²) in [6, 6.07) is 5.47. The molecule has 0 aromatic heterocycles. The molecule has 2 aromatic carbocycles. The minimum Gasteiger partial charge on any atom is -0.505 e. The van der Waals surface area contributed by atoms with E-state index >= 15 is 0 Å². The maximum absolute atomic E-state index is 9.72. The van der Waals surface area contributed by atoms with E-state index in [-0.39, 0.29) is 25.8 Å². The molecule has 1 unspecified atom stereocenters. The Morgan fingerprint density at radius 3 is 2.29 bits per heavy atom. The van der Waals surface area contributed by atoms with Gasteiger partial charge in [0.15, 0.2) is 23.0 Å². The van der Waals surface area contributed by atoms with Gasteiger partial charge >= 0.3 is 6.48 Å². The average molecular weight is 408 g/mol. The number of halogens is 4. The Kier molecular flexibility index (Phi) is 4.92. The molecule has 0 spiro atoms. The summed E-state index contributed by atoms with van der Waals surface area (Å²) in [6.45, 7) is 2.57. The smallest absolute Gasteiger partial charge is 0.406 e. The molecule has 126 valence electrons. The molecule has 1 aliphatic rings. The second kappa shape index (κ2) is 6.81. The van der Waals surface area contributed by atoms with Crippen LogP contribution in [-0.2, 0) is 6.42 Å². The zero-order valence-electron chi connectivity index (χ0n) is 12.0. The lowest BCUT2D eigenvalue weighted by atomic mass is 10.1. The third-order valence-electron chi connectivity index (χ3n) is 3.25. The summed E-state index contributed by atoms with van der Waals surface area (Å²) >= 11 is 23.9. The van der Waals surface area contributed by atoms with Gasteiger partial charge in [-0.05, 0) is 24.1 Å². The molecule has 8 heteroatoms. The Bertz CT molecular complexity index is 793. The molecule has 1 aliphatic heterocycles. The number of ether oxygens (including phenoxy) is 3. The predicted octanol–water partition coefficient (Wildman–Crippen LogP) is 5.87. The van der Waals surface area contributed by atoms with Crippen LogP contribution in [0.3, 0.4) is 0 Å². The summed E-state index contributed by atoms with van der Waals surface area (Å²) in [5, 5.41) is 9.17. The number of rotatable bonds is 4. The maximum Gasteiger partial charge on any atom is 0.406 e. The number of fused-ring (bicyclic) bond motifs is 1. The number of phenols is 1. The molecule has 0 fully saturated rings. The van der Waals surface area contributed by atoms with Crippen LogP contribution < -0.4 is 14.2 Å². The fourth-order valence-corrected chi connectivity index (χ4v) is 3.03. The van der Waals surface area contributed by atoms with Gasteiger partial charge in [-0.2, -0.15) is 0 Å². The molecule has 1 heterocycles. The van der Waals surface area contributed by atoms with Crippen LogP contribution in [0.4, 0.5) is 0 Å². The van der Waals surface area contributed by atoms with Gasteiger partial charge in [0.25, 0.3) is 0 Å². The minimum absolute atomic E-state index is 0.0461. The summed E-state index contributed by atoms with van der Waals surface area (Å²) in [5.41, 5.74) is 1.01. The van der Waals surface area contributed by atoms with Crippen molar-refractivity contribution in [2.45, 2.75) is 12.9 Å². The monoisotopic (exact) mass is 406 g/mol. The molecule has 0 saturated heterocycles. The first-order chi connectivity index (χ1) is 11.4. The van der Waals surface area contributed by atoms with Crippen molar-refractivity contribution in [2.24, 2.45) is 0 Å². The van der Waals surface area contributed by atoms with Gasteiger partial charge in [0.05, 0.1) is 0 Å². The Morgan fingerprint density at radius 1 is 1.04 bits per heavy atom. The van der Waals surface area contributed by atoms with E-state index in [1.54, 1.807) is 12.1 Å². The van der Waals surface area contributed by atoms with E-state index in [4.69, 9.17) is 60.6 Å². The van der Waals surface area contributed by atoms with Crippen molar-refractivity contribution in [3.63, 3.8) is 0 Å². The number of hydrogen-bond donors (Lipinski definition) is 1. The average Bonchev–Trinajstić information content (AvgIpc) is 2.97. The van der Waals surface area contributed by atoms with Crippen LogP contribution in [0.15, 0.2) is 30.9 Å². The Hall–Kier alpha value is -1.46. The van der Waals surface area contributed by atoms with Gasteiger partial charge in [-0.1, -0.05) is 58.5 Å². The van der Waals surface area contributed by atoms with E-state index < -0.39 is 12.2 Å². The van der Waals surface area contributed by atoms with Crippen LogP contribution in [0.1, 0.15) is 5.56 Å². The van der Waals surface area contributed by atoms with Crippen LogP contribution in [0.2, 0.25) is 20.1 Å². The number of allylic oxidation sites excluding steroid dienone is 1. The Balaban J connectivity index is 1.85. The van der Waals surface area contributed by atoms with Crippen molar-refractivity contribution in [2.75, 3.05) is 0 Å². The first kappa shape index (κ1) is 17.4. The highest BCUT2D eigenvalue weighted by atomic mass is 35.5. The fraction of sp³-hybridized carbons (Fsp3) is 0.125. The number of hydrogen-bond acceptors (Lipinski definition) is 4. The molecule has 0 amide bonds. The zero-order valence-corrected chi connectivity index (χ0v) is 15.0. The highest BCUT2D eigenvalue weighted by molar-refractivity contribution is 6.50. The molecule has 0 radical (unpaired) electrons. The topological polar surface area (TPSA) is 47.9 Å². The number of phenolic OH excluding ortho intramolecular Hbond substituents is 1. The van der Waals surface area contributed by atoms with Crippen molar-refractivity contribution >= 4 is 46.4 Å². The summed E-state index contributed by atoms with van der Waals surface area (Å²) < 4.78 is 16.6. The van der Waals surface area contributed by atoms with Crippen LogP contribution in [0.5, 0.6) is 23.0 Å². The molecule has 3 rings (SSSR count). The van der Waals surface area contributed by atoms with Gasteiger partial charge in [0.1, 0.15) is 20.1 Å². The lowest BCUT2D eigenvalue weighted by Crippen LogP contribution is -2.25. The molecule has 2 aromatic rings. The van der Waals surface area contributed by atoms with Crippen LogP contribution >= 0.6 is 46.4 Å². The van der Waals surface area contributed by atoms with Gasteiger partial charge < -0.3 is 19.3 Å². The largest absolute Gasteiger partial charge is 0.505 e. The lowest BCUT2D eigenvalue weighted by Gasteiger charge is -2.16. The molecule has 24 heavy (non-hydrogen) atoms. The van der Waals surface area contributed by atoms with E-state index in [1.165, 1.54) is 0 Å². The third-order valence-corrected chi connectivity index (χ3v) is 4.90. The Morgan fingerprint density at radius 2 is 1.67 bits per heavy atom. The van der Waals surface area contributed by atoms with Crippen molar-refractivity contribution in [3.8, 4) is 23.0 Å². The fourth-order valence-electron chi connectivity index (χ4n) is 2.11. The second-order valence-electron chi connectivity index (χ2n) is 4.85. The Labute approximate surface area is 158 Å². The molecule has 4 nitrogen and oxygen atoms in total. The molecule has 1 atom stereocenters. The standard InChI is InChI=1S/C16H10Cl4O4/c1-2-3-7-4-5-8-9(6-7)23-16(22-8)24-15-12(19)10(17)14(21)11(18)13(15)20/h2,4-6,16,21H,1,3H2. The summed E-state index contributed by atoms with van der Waals surface area (Å²) in [4.78, 5) is 0.